The zero-order valence-corrected chi connectivity index (χ0v) is 11.0. The van der Waals surface area contributed by atoms with Gasteiger partial charge in [-0.25, -0.2) is 0 Å². The molecule has 1 aliphatic carbocycles. The molecule has 1 fully saturated rings. The molecule has 1 saturated carbocycles. The van der Waals surface area contributed by atoms with Crippen LogP contribution in [0.1, 0.15) is 31.0 Å². The van der Waals surface area contributed by atoms with E-state index >= 15 is 0 Å². The lowest BCUT2D eigenvalue weighted by Gasteiger charge is -2.39. The van der Waals surface area contributed by atoms with Crippen LogP contribution in [0.4, 0.5) is 0 Å². The third-order valence-corrected chi connectivity index (χ3v) is 3.70. The van der Waals surface area contributed by atoms with Crippen molar-refractivity contribution >= 4 is 23.1 Å². The van der Waals surface area contributed by atoms with Gasteiger partial charge in [0.1, 0.15) is 0 Å². The van der Waals surface area contributed by atoms with Gasteiger partial charge in [0, 0.05) is 13.0 Å². The molecule has 18 heavy (non-hydrogen) atoms. The van der Waals surface area contributed by atoms with Gasteiger partial charge >= 0.3 is 0 Å². The molecule has 1 aromatic rings. The minimum atomic E-state index is -0.625. The van der Waals surface area contributed by atoms with Crippen molar-refractivity contribution in [1.29, 1.82) is 0 Å². The summed E-state index contributed by atoms with van der Waals surface area (Å²) in [5.74, 6) is 1.03. The summed E-state index contributed by atoms with van der Waals surface area (Å²) in [5.41, 5.74) is 5.02. The van der Waals surface area contributed by atoms with E-state index in [2.05, 4.69) is 15.5 Å². The first-order chi connectivity index (χ1) is 8.54. The van der Waals surface area contributed by atoms with Gasteiger partial charge < -0.3 is 15.6 Å². The molecule has 0 radical (unpaired) electrons. The van der Waals surface area contributed by atoms with E-state index in [1.165, 1.54) is 0 Å². The molecule has 1 aromatic heterocycles. The van der Waals surface area contributed by atoms with Crippen LogP contribution in [0.15, 0.2) is 4.52 Å². The molecule has 0 bridgehead atoms. The van der Waals surface area contributed by atoms with Crippen LogP contribution in [0.3, 0.4) is 0 Å². The molecule has 7 heteroatoms. The summed E-state index contributed by atoms with van der Waals surface area (Å²) in [6, 6.07) is 0. The lowest BCUT2D eigenvalue weighted by Crippen LogP contribution is -2.53. The van der Waals surface area contributed by atoms with E-state index in [1.54, 1.807) is 6.92 Å². The first-order valence-electron chi connectivity index (χ1n) is 5.92. The third kappa shape index (κ3) is 2.35. The second-order valence-electron chi connectivity index (χ2n) is 4.54. The van der Waals surface area contributed by atoms with Crippen molar-refractivity contribution in [2.45, 2.75) is 32.6 Å². The maximum Gasteiger partial charge on any atom is 0.233 e. The normalized spacial score (nSPS) is 16.9. The minimum absolute atomic E-state index is 0.0857. The average Bonchev–Trinajstić information content (AvgIpc) is 2.61. The molecule has 0 atom stereocenters. The second kappa shape index (κ2) is 5.01. The Bertz CT molecular complexity index is 467. The van der Waals surface area contributed by atoms with Gasteiger partial charge in [-0.15, -0.1) is 0 Å². The Morgan fingerprint density at radius 3 is 2.78 bits per heavy atom. The van der Waals surface area contributed by atoms with E-state index in [0.29, 0.717) is 29.7 Å². The number of nitrogens with two attached hydrogens (primary N) is 1. The molecule has 0 saturated heterocycles. The number of thiocarbonyl (C=S) groups is 1. The average molecular weight is 268 g/mol. The quantitative estimate of drug-likeness (QED) is 0.755. The number of hydrogen-bond acceptors (Lipinski definition) is 5. The van der Waals surface area contributed by atoms with Crippen LogP contribution in [0.2, 0.25) is 0 Å². The largest absolute Gasteiger partial charge is 0.392 e. The van der Waals surface area contributed by atoms with Crippen molar-refractivity contribution in [3.63, 3.8) is 0 Å². The van der Waals surface area contributed by atoms with Crippen LogP contribution in [-0.2, 0) is 11.2 Å². The summed E-state index contributed by atoms with van der Waals surface area (Å²) in [5, 5.41) is 6.51. The fraction of sp³-hybridized carbons (Fsp3) is 0.636. The van der Waals surface area contributed by atoms with Gasteiger partial charge in [-0.05, 0) is 19.8 Å². The number of aromatic nitrogens is 2. The van der Waals surface area contributed by atoms with Crippen molar-refractivity contribution in [1.82, 2.24) is 15.5 Å². The molecule has 3 N–H and O–H groups in total. The van der Waals surface area contributed by atoms with Crippen LogP contribution >= 0.6 is 12.2 Å². The number of nitrogens with one attached hydrogen (secondary N) is 1. The number of carbonyl (C=O) groups is 1. The Labute approximate surface area is 110 Å². The predicted molar refractivity (Wildman–Crippen MR) is 68.8 cm³/mol. The van der Waals surface area contributed by atoms with Gasteiger partial charge in [0.2, 0.25) is 11.8 Å². The summed E-state index contributed by atoms with van der Waals surface area (Å²) in [6.45, 7) is 2.20. The van der Waals surface area contributed by atoms with Gasteiger partial charge in [0.25, 0.3) is 0 Å². The first-order valence-corrected chi connectivity index (χ1v) is 6.33. The van der Waals surface area contributed by atoms with E-state index in [1.807, 2.05) is 0 Å². The van der Waals surface area contributed by atoms with Crippen molar-refractivity contribution < 1.29 is 9.32 Å². The maximum absolute atomic E-state index is 12.0. The molecule has 98 valence electrons. The van der Waals surface area contributed by atoms with E-state index in [9.17, 15) is 4.79 Å². The van der Waals surface area contributed by atoms with Crippen LogP contribution in [0.5, 0.6) is 0 Å². The molecule has 0 aliphatic heterocycles. The summed E-state index contributed by atoms with van der Waals surface area (Å²) in [7, 11) is 0. The SMILES string of the molecule is Cc1noc(CCNC(=O)C2(C(N)=S)CCC2)n1. The zero-order chi connectivity index (χ0) is 13.2. The highest BCUT2D eigenvalue weighted by molar-refractivity contribution is 7.80. The maximum atomic E-state index is 12.0. The molecule has 1 amide bonds. The highest BCUT2D eigenvalue weighted by atomic mass is 32.1. The van der Waals surface area contributed by atoms with Gasteiger partial charge in [-0.3, -0.25) is 4.79 Å². The molecule has 1 heterocycles. The van der Waals surface area contributed by atoms with Gasteiger partial charge in [0.05, 0.1) is 10.4 Å². The van der Waals surface area contributed by atoms with E-state index in [4.69, 9.17) is 22.5 Å². The summed E-state index contributed by atoms with van der Waals surface area (Å²) < 4.78 is 4.96. The van der Waals surface area contributed by atoms with Gasteiger partial charge in [-0.1, -0.05) is 23.8 Å². The van der Waals surface area contributed by atoms with Gasteiger partial charge in [0.15, 0.2) is 5.82 Å². The number of aryl methyl sites for hydroxylation is 1. The van der Waals surface area contributed by atoms with Crippen LogP contribution < -0.4 is 11.1 Å². The molecule has 1 aliphatic rings. The highest BCUT2D eigenvalue weighted by Gasteiger charge is 2.46. The number of nitrogens with zero attached hydrogens (tertiary/aromatic N) is 2. The molecule has 2 rings (SSSR count). The van der Waals surface area contributed by atoms with E-state index in [-0.39, 0.29) is 5.91 Å². The Balaban J connectivity index is 1.83. The Morgan fingerprint density at radius 2 is 2.33 bits per heavy atom. The van der Waals surface area contributed by atoms with Crippen molar-refractivity contribution in [2.75, 3.05) is 6.54 Å². The van der Waals surface area contributed by atoms with Crippen molar-refractivity contribution in [3.05, 3.63) is 11.7 Å². The molecule has 6 nitrogen and oxygen atoms in total. The Morgan fingerprint density at radius 1 is 1.61 bits per heavy atom. The fourth-order valence-corrected chi connectivity index (χ4v) is 2.31. The van der Waals surface area contributed by atoms with Gasteiger partial charge in [-0.2, -0.15) is 4.98 Å². The topological polar surface area (TPSA) is 94.0 Å². The molecule has 0 aromatic carbocycles. The Hall–Kier alpha value is -1.50. The third-order valence-electron chi connectivity index (χ3n) is 3.31. The predicted octanol–water partition coefficient (Wildman–Crippen LogP) is 0.493. The molecular weight excluding hydrogens is 252 g/mol. The van der Waals surface area contributed by atoms with Crippen LogP contribution in [0.25, 0.3) is 0 Å². The first kappa shape index (κ1) is 12.9. The van der Waals surface area contributed by atoms with Crippen LogP contribution in [0, 0.1) is 12.3 Å². The zero-order valence-electron chi connectivity index (χ0n) is 10.2. The summed E-state index contributed by atoms with van der Waals surface area (Å²) in [4.78, 5) is 16.4. The minimum Gasteiger partial charge on any atom is -0.392 e. The van der Waals surface area contributed by atoms with E-state index in [0.717, 1.165) is 19.3 Å². The lowest BCUT2D eigenvalue weighted by molar-refractivity contribution is -0.130. The molecular formula is C11H16N4O2S. The molecule has 0 spiro atoms. The standard InChI is InChI=1S/C11H16N4O2S/c1-7-14-8(17-15-7)3-6-13-10(16)11(9(12)18)4-2-5-11/h2-6H2,1H3,(H2,12,18)(H,13,16). The molecule has 0 unspecified atom stereocenters. The summed E-state index contributed by atoms with van der Waals surface area (Å²) >= 11 is 4.98. The van der Waals surface area contributed by atoms with Crippen molar-refractivity contribution in [2.24, 2.45) is 11.1 Å². The number of hydrogen-bond donors (Lipinski definition) is 2. The van der Waals surface area contributed by atoms with E-state index < -0.39 is 5.41 Å². The second-order valence-corrected chi connectivity index (χ2v) is 4.98. The summed E-state index contributed by atoms with van der Waals surface area (Å²) in [6.07, 6.45) is 3.00. The van der Waals surface area contributed by atoms with Crippen molar-refractivity contribution in [3.8, 4) is 0 Å². The Kier molecular flexibility index (Phi) is 3.60. The smallest absolute Gasteiger partial charge is 0.233 e. The van der Waals surface area contributed by atoms with Crippen LogP contribution in [-0.4, -0.2) is 27.6 Å². The lowest BCUT2D eigenvalue weighted by atomic mass is 9.68. The highest BCUT2D eigenvalue weighted by Crippen LogP contribution is 2.41. The number of rotatable bonds is 5. The fourth-order valence-electron chi connectivity index (χ4n) is 2.01. The number of carbonyl (C=O) groups excluding carboxylic acids is 1. The monoisotopic (exact) mass is 268 g/mol. The number of amides is 1.